The number of benzene rings is 2. The van der Waals surface area contributed by atoms with Gasteiger partial charge in [-0.2, -0.15) is 4.39 Å². The molecule has 0 aliphatic rings. The Labute approximate surface area is 149 Å². The van der Waals surface area contributed by atoms with Crippen molar-refractivity contribution in [2.45, 2.75) is 13.5 Å². The second-order valence-corrected chi connectivity index (χ2v) is 5.63. The third-order valence-corrected chi connectivity index (χ3v) is 4.11. The smallest absolute Gasteiger partial charge is 0.346 e. The summed E-state index contributed by atoms with van der Waals surface area (Å²) in [5.41, 5.74) is -0.139. The summed E-state index contributed by atoms with van der Waals surface area (Å²) in [6, 6.07) is 13.8. The van der Waals surface area contributed by atoms with Gasteiger partial charge in [0.15, 0.2) is 5.56 Å². The number of pyridine rings is 1. The van der Waals surface area contributed by atoms with E-state index in [2.05, 4.69) is 0 Å². The first kappa shape index (κ1) is 17.7. The summed E-state index contributed by atoms with van der Waals surface area (Å²) < 4.78 is 26.7. The lowest BCUT2D eigenvalue weighted by Crippen LogP contribution is -2.25. The molecule has 0 fully saturated rings. The predicted molar refractivity (Wildman–Crippen MR) is 96.2 cm³/mol. The number of carbonyl (C=O) groups excluding carboxylic acids is 1. The van der Waals surface area contributed by atoms with E-state index in [4.69, 9.17) is 9.47 Å². The Morgan fingerprint density at radius 1 is 1.12 bits per heavy atom. The van der Waals surface area contributed by atoms with Crippen LogP contribution in [0.2, 0.25) is 0 Å². The average molecular weight is 355 g/mol. The number of hydrogen-bond donors (Lipinski definition) is 0. The van der Waals surface area contributed by atoms with Crippen molar-refractivity contribution in [2.24, 2.45) is 0 Å². The molecule has 0 aliphatic carbocycles. The third kappa shape index (κ3) is 3.06. The van der Waals surface area contributed by atoms with Crippen LogP contribution in [0.5, 0.6) is 5.75 Å². The monoisotopic (exact) mass is 355 g/mol. The Bertz CT molecular complexity index is 1030. The molecule has 26 heavy (non-hydrogen) atoms. The van der Waals surface area contributed by atoms with Crippen molar-refractivity contribution in [1.29, 1.82) is 0 Å². The highest BCUT2D eigenvalue weighted by Crippen LogP contribution is 2.23. The lowest BCUT2D eigenvalue weighted by molar-refractivity contribution is 0.0517. The fourth-order valence-electron chi connectivity index (χ4n) is 2.91. The van der Waals surface area contributed by atoms with Crippen LogP contribution in [0, 0.1) is 5.95 Å². The number of aromatic nitrogens is 1. The molecule has 0 saturated heterocycles. The van der Waals surface area contributed by atoms with Crippen molar-refractivity contribution in [2.75, 3.05) is 13.7 Å². The summed E-state index contributed by atoms with van der Waals surface area (Å²) in [6.45, 7) is 1.75. The van der Waals surface area contributed by atoms with Crippen LogP contribution in [-0.2, 0) is 11.3 Å². The number of halogens is 1. The predicted octanol–water partition coefficient (Wildman–Crippen LogP) is 3.37. The van der Waals surface area contributed by atoms with Gasteiger partial charge in [-0.05, 0) is 25.1 Å². The molecule has 0 bridgehead atoms. The van der Waals surface area contributed by atoms with Crippen molar-refractivity contribution >= 4 is 16.9 Å². The van der Waals surface area contributed by atoms with Crippen molar-refractivity contribution in [1.82, 2.24) is 4.57 Å². The largest absolute Gasteiger partial charge is 0.496 e. The van der Waals surface area contributed by atoms with Crippen LogP contribution in [0.4, 0.5) is 4.39 Å². The van der Waals surface area contributed by atoms with Crippen molar-refractivity contribution in [3.8, 4) is 5.75 Å². The quantitative estimate of drug-likeness (QED) is 0.520. The molecular weight excluding hydrogens is 337 g/mol. The zero-order chi connectivity index (χ0) is 18.7. The van der Waals surface area contributed by atoms with Gasteiger partial charge in [-0.3, -0.25) is 4.79 Å². The van der Waals surface area contributed by atoms with Gasteiger partial charge in [-0.25, -0.2) is 4.79 Å². The molecule has 134 valence electrons. The van der Waals surface area contributed by atoms with Gasteiger partial charge in [0.25, 0.3) is 0 Å². The number of ether oxygens (including phenoxy) is 2. The molecule has 0 spiro atoms. The van der Waals surface area contributed by atoms with Crippen LogP contribution in [0.3, 0.4) is 0 Å². The van der Waals surface area contributed by atoms with Gasteiger partial charge in [0.2, 0.25) is 11.4 Å². The topological polar surface area (TPSA) is 57.5 Å². The summed E-state index contributed by atoms with van der Waals surface area (Å²) in [5, 5.41) is 0.256. The fourth-order valence-corrected chi connectivity index (χ4v) is 2.91. The highest BCUT2D eigenvalue weighted by atomic mass is 19.1. The first-order chi connectivity index (χ1) is 12.6. The number of para-hydroxylation sites is 2. The molecule has 3 aromatic rings. The summed E-state index contributed by atoms with van der Waals surface area (Å²) in [7, 11) is 1.53. The summed E-state index contributed by atoms with van der Waals surface area (Å²) in [4.78, 5) is 24.8. The van der Waals surface area contributed by atoms with E-state index in [1.165, 1.54) is 11.7 Å². The molecule has 0 saturated carbocycles. The summed E-state index contributed by atoms with van der Waals surface area (Å²) in [6.07, 6.45) is 0. The van der Waals surface area contributed by atoms with Crippen LogP contribution < -0.4 is 10.2 Å². The van der Waals surface area contributed by atoms with Crippen LogP contribution in [-0.4, -0.2) is 24.3 Å². The van der Waals surface area contributed by atoms with Gasteiger partial charge >= 0.3 is 5.97 Å². The Hall–Kier alpha value is -3.15. The van der Waals surface area contributed by atoms with Gasteiger partial charge in [-0.15, -0.1) is 0 Å². The minimum Gasteiger partial charge on any atom is -0.496 e. The highest BCUT2D eigenvalue weighted by molar-refractivity contribution is 5.94. The van der Waals surface area contributed by atoms with Gasteiger partial charge in [0.05, 0.1) is 25.8 Å². The maximum atomic E-state index is 15.2. The van der Waals surface area contributed by atoms with E-state index in [0.29, 0.717) is 11.3 Å². The summed E-state index contributed by atoms with van der Waals surface area (Å²) >= 11 is 0. The number of nitrogens with zero attached hydrogens (tertiary/aromatic N) is 1. The number of methoxy groups -OCH3 is 1. The number of hydrogen-bond acceptors (Lipinski definition) is 4. The van der Waals surface area contributed by atoms with Crippen LogP contribution in [0.25, 0.3) is 10.9 Å². The van der Waals surface area contributed by atoms with Crippen LogP contribution >= 0.6 is 0 Å². The zero-order valence-corrected chi connectivity index (χ0v) is 14.5. The molecule has 5 nitrogen and oxygen atoms in total. The first-order valence-electron chi connectivity index (χ1n) is 8.18. The minimum absolute atomic E-state index is 0.0526. The Balaban J connectivity index is 2.27. The lowest BCUT2D eigenvalue weighted by Gasteiger charge is -2.16. The SMILES string of the molecule is CCOC(=O)c1c(F)n(Cc2ccccc2OC)c2ccccc2c1=O. The molecule has 6 heteroatoms. The van der Waals surface area contributed by atoms with Crippen molar-refractivity contribution in [3.63, 3.8) is 0 Å². The van der Waals surface area contributed by atoms with Crippen LogP contribution in [0.15, 0.2) is 53.3 Å². The molecule has 3 rings (SSSR count). The van der Waals surface area contributed by atoms with Gasteiger partial charge in [0.1, 0.15) is 5.75 Å². The molecule has 0 N–H and O–H groups in total. The molecule has 0 radical (unpaired) electrons. The van der Waals surface area contributed by atoms with E-state index in [0.717, 1.165) is 5.56 Å². The lowest BCUT2D eigenvalue weighted by atomic mass is 10.1. The molecule has 0 unspecified atom stereocenters. The Morgan fingerprint density at radius 2 is 1.81 bits per heavy atom. The van der Waals surface area contributed by atoms with E-state index in [1.807, 2.05) is 12.1 Å². The Morgan fingerprint density at radius 3 is 2.54 bits per heavy atom. The molecule has 1 aromatic heterocycles. The minimum atomic E-state index is -0.963. The van der Waals surface area contributed by atoms with E-state index in [1.54, 1.807) is 43.3 Å². The second-order valence-electron chi connectivity index (χ2n) is 5.63. The molecular formula is C20H18FNO4. The number of carbonyl (C=O) groups is 1. The second kappa shape index (κ2) is 7.39. The van der Waals surface area contributed by atoms with E-state index in [9.17, 15) is 9.59 Å². The number of rotatable bonds is 5. The third-order valence-electron chi connectivity index (χ3n) is 4.11. The van der Waals surface area contributed by atoms with E-state index >= 15 is 4.39 Å². The summed E-state index contributed by atoms with van der Waals surface area (Å²) in [5.74, 6) is -1.29. The zero-order valence-electron chi connectivity index (χ0n) is 14.5. The van der Waals surface area contributed by atoms with Gasteiger partial charge in [-0.1, -0.05) is 30.3 Å². The maximum absolute atomic E-state index is 15.2. The van der Waals surface area contributed by atoms with Gasteiger partial charge < -0.3 is 14.0 Å². The maximum Gasteiger partial charge on any atom is 0.346 e. The molecule has 0 amide bonds. The van der Waals surface area contributed by atoms with Crippen molar-refractivity contribution in [3.05, 3.63) is 75.8 Å². The normalized spacial score (nSPS) is 10.7. The van der Waals surface area contributed by atoms with Crippen LogP contribution in [0.1, 0.15) is 22.8 Å². The van der Waals surface area contributed by atoms with Gasteiger partial charge in [0, 0.05) is 10.9 Å². The number of fused-ring (bicyclic) bond motifs is 1. The van der Waals surface area contributed by atoms with E-state index < -0.39 is 22.9 Å². The Kier molecular flexibility index (Phi) is 5.02. The molecule has 1 heterocycles. The fraction of sp³-hybridized carbons (Fsp3) is 0.200. The number of esters is 1. The molecule has 2 aromatic carbocycles. The van der Waals surface area contributed by atoms with Crippen molar-refractivity contribution < 1.29 is 18.7 Å². The molecule has 0 aliphatic heterocycles. The standard InChI is InChI=1S/C20H18FNO4/c1-3-26-20(24)17-18(23)14-9-5-6-10-15(14)22(19(17)21)12-13-8-4-7-11-16(13)25-2/h4-11H,3,12H2,1-2H3. The average Bonchev–Trinajstić information content (AvgIpc) is 2.66. The molecule has 0 atom stereocenters. The first-order valence-corrected chi connectivity index (χ1v) is 8.18. The van der Waals surface area contributed by atoms with E-state index in [-0.39, 0.29) is 18.5 Å². The highest BCUT2D eigenvalue weighted by Gasteiger charge is 2.24.